The molecule has 1 N–H and O–H groups in total. The Morgan fingerprint density at radius 2 is 1.77 bits per heavy atom. The highest BCUT2D eigenvalue weighted by Gasteiger charge is 2.59. The molecule has 166 valence electrons. The van der Waals surface area contributed by atoms with E-state index in [0.717, 1.165) is 18.2 Å². The van der Waals surface area contributed by atoms with Crippen LogP contribution in [0.4, 0.5) is 22.0 Å². The number of alkyl halides is 5. The van der Waals surface area contributed by atoms with Crippen LogP contribution in [-0.2, 0) is 10.7 Å². The second-order valence-corrected chi connectivity index (χ2v) is 7.04. The molecule has 0 aliphatic heterocycles. The van der Waals surface area contributed by atoms with Gasteiger partial charge < -0.3 is 9.84 Å². The van der Waals surface area contributed by atoms with Crippen molar-refractivity contribution in [3.05, 3.63) is 58.7 Å². The Hall–Kier alpha value is -2.64. The lowest BCUT2D eigenvalue weighted by atomic mass is 9.91. The molecule has 1 rings (SSSR count). The lowest BCUT2D eigenvalue weighted by Crippen LogP contribution is -2.34. The number of ether oxygens (including phenoxy) is 1. The summed E-state index contributed by atoms with van der Waals surface area (Å²) in [6.07, 6.45) is -0.288. The number of carbonyl (C=O) groups is 1. The SMILES string of the molecule is CCOc1c(\C(C)=C/C=C/C(C)=C\C(=O)O)cc(C(F)(F)C(F)(F)F)cc1C(C)C. The third kappa shape index (κ3) is 6.18. The summed E-state index contributed by atoms with van der Waals surface area (Å²) in [7, 11) is 0. The van der Waals surface area contributed by atoms with Crippen molar-refractivity contribution in [1.82, 2.24) is 0 Å². The fourth-order valence-corrected chi connectivity index (χ4v) is 2.70. The topological polar surface area (TPSA) is 46.5 Å². The standard InChI is InChI=1S/C22H25F5O3/c1-6-30-20-17(13(2)3)11-16(21(23,24)22(25,26)27)12-18(20)15(5)9-7-8-14(4)10-19(28)29/h7-13H,6H2,1-5H3,(H,28,29)/b8-7+,14-10-,15-9-. The van der Waals surface area contributed by atoms with Gasteiger partial charge in [-0.15, -0.1) is 0 Å². The second kappa shape index (κ2) is 9.91. The maximum Gasteiger partial charge on any atom is 0.458 e. The highest BCUT2D eigenvalue weighted by molar-refractivity contribution is 5.81. The van der Waals surface area contributed by atoms with E-state index in [1.807, 2.05) is 0 Å². The summed E-state index contributed by atoms with van der Waals surface area (Å²) < 4.78 is 72.7. The van der Waals surface area contributed by atoms with Gasteiger partial charge in [0.15, 0.2) is 0 Å². The minimum absolute atomic E-state index is 0.117. The van der Waals surface area contributed by atoms with Crippen LogP contribution in [0, 0.1) is 0 Å². The van der Waals surface area contributed by atoms with Gasteiger partial charge in [-0.2, -0.15) is 22.0 Å². The summed E-state index contributed by atoms with van der Waals surface area (Å²) in [5.41, 5.74) is 0.0191. The van der Waals surface area contributed by atoms with Crippen molar-refractivity contribution in [3.63, 3.8) is 0 Å². The first-order valence-electron chi connectivity index (χ1n) is 9.24. The third-order valence-corrected chi connectivity index (χ3v) is 4.23. The number of hydrogen-bond donors (Lipinski definition) is 1. The van der Waals surface area contributed by atoms with Crippen molar-refractivity contribution in [2.24, 2.45) is 0 Å². The molecule has 0 amide bonds. The molecular weight excluding hydrogens is 407 g/mol. The average molecular weight is 432 g/mol. The van der Waals surface area contributed by atoms with E-state index in [-0.39, 0.29) is 29.4 Å². The van der Waals surface area contributed by atoms with Crippen LogP contribution in [-0.4, -0.2) is 23.9 Å². The molecular formula is C22H25F5O3. The zero-order valence-electron chi connectivity index (χ0n) is 17.4. The van der Waals surface area contributed by atoms with E-state index in [0.29, 0.717) is 11.1 Å². The molecule has 0 spiro atoms. The van der Waals surface area contributed by atoms with E-state index in [2.05, 4.69) is 0 Å². The molecule has 0 radical (unpaired) electrons. The highest BCUT2D eigenvalue weighted by atomic mass is 19.4. The molecule has 0 aliphatic rings. The van der Waals surface area contributed by atoms with E-state index >= 15 is 0 Å². The molecule has 0 bridgehead atoms. The van der Waals surface area contributed by atoms with E-state index in [1.54, 1.807) is 34.6 Å². The summed E-state index contributed by atoms with van der Waals surface area (Å²) in [5.74, 6) is -6.26. The zero-order valence-corrected chi connectivity index (χ0v) is 17.4. The number of aliphatic carboxylic acids is 1. The van der Waals surface area contributed by atoms with Gasteiger partial charge in [-0.3, -0.25) is 0 Å². The van der Waals surface area contributed by atoms with Gasteiger partial charge in [0.1, 0.15) is 5.75 Å². The predicted octanol–water partition coefficient (Wildman–Crippen LogP) is 6.85. The van der Waals surface area contributed by atoms with Crippen LogP contribution in [0.5, 0.6) is 5.75 Å². The van der Waals surface area contributed by atoms with Crippen molar-refractivity contribution in [1.29, 1.82) is 0 Å². The van der Waals surface area contributed by atoms with Crippen molar-refractivity contribution in [2.45, 2.75) is 52.6 Å². The van der Waals surface area contributed by atoms with Gasteiger partial charge in [-0.1, -0.05) is 32.1 Å². The molecule has 30 heavy (non-hydrogen) atoms. The van der Waals surface area contributed by atoms with E-state index < -0.39 is 23.6 Å². The van der Waals surface area contributed by atoms with Crippen LogP contribution in [0.1, 0.15) is 57.2 Å². The molecule has 0 aromatic heterocycles. The lowest BCUT2D eigenvalue weighted by Gasteiger charge is -2.25. The fraction of sp³-hybridized carbons (Fsp3) is 0.409. The van der Waals surface area contributed by atoms with Crippen LogP contribution in [0.25, 0.3) is 5.57 Å². The maximum atomic E-state index is 14.1. The van der Waals surface area contributed by atoms with Gasteiger partial charge in [0.05, 0.1) is 6.61 Å². The highest BCUT2D eigenvalue weighted by Crippen LogP contribution is 2.47. The number of hydrogen-bond acceptors (Lipinski definition) is 2. The first kappa shape index (κ1) is 25.4. The second-order valence-electron chi connectivity index (χ2n) is 7.04. The van der Waals surface area contributed by atoms with Crippen molar-refractivity contribution in [2.75, 3.05) is 6.61 Å². The molecule has 0 saturated carbocycles. The molecule has 0 aliphatic carbocycles. The summed E-state index contributed by atoms with van der Waals surface area (Å²) in [6.45, 7) is 8.35. The molecule has 3 nitrogen and oxygen atoms in total. The van der Waals surface area contributed by atoms with Crippen LogP contribution < -0.4 is 4.74 Å². The number of carboxylic acid groups (broad SMARTS) is 1. The Labute approximate surface area is 172 Å². The molecule has 0 fully saturated rings. The Morgan fingerprint density at radius 3 is 2.23 bits per heavy atom. The van der Waals surface area contributed by atoms with Gasteiger partial charge in [0, 0.05) is 17.2 Å². The first-order valence-corrected chi connectivity index (χ1v) is 9.24. The first-order chi connectivity index (χ1) is 13.7. The van der Waals surface area contributed by atoms with Crippen LogP contribution >= 0.6 is 0 Å². The van der Waals surface area contributed by atoms with Gasteiger partial charge in [-0.25, -0.2) is 4.79 Å². The fourth-order valence-electron chi connectivity index (χ4n) is 2.70. The molecule has 0 heterocycles. The normalized spacial score (nSPS) is 14.0. The molecule has 0 saturated heterocycles. The number of benzene rings is 1. The third-order valence-electron chi connectivity index (χ3n) is 4.23. The maximum absolute atomic E-state index is 14.1. The van der Waals surface area contributed by atoms with Gasteiger partial charge in [0.25, 0.3) is 0 Å². The smallest absolute Gasteiger partial charge is 0.458 e. The van der Waals surface area contributed by atoms with E-state index in [1.165, 1.54) is 18.2 Å². The molecule has 1 aromatic rings. The predicted molar refractivity (Wildman–Crippen MR) is 106 cm³/mol. The monoisotopic (exact) mass is 432 g/mol. The Balaban J connectivity index is 3.66. The number of allylic oxidation sites excluding steroid dienone is 5. The Kier molecular flexibility index (Phi) is 8.39. The van der Waals surface area contributed by atoms with Crippen molar-refractivity contribution >= 4 is 11.5 Å². The Bertz CT molecular complexity index is 862. The van der Waals surface area contributed by atoms with E-state index in [9.17, 15) is 26.7 Å². The van der Waals surface area contributed by atoms with E-state index in [4.69, 9.17) is 9.84 Å². The largest absolute Gasteiger partial charge is 0.493 e. The number of carboxylic acids is 1. The molecule has 0 atom stereocenters. The quantitative estimate of drug-likeness (QED) is 0.278. The van der Waals surface area contributed by atoms with Crippen LogP contribution in [0.3, 0.4) is 0 Å². The van der Waals surface area contributed by atoms with Gasteiger partial charge >= 0.3 is 18.1 Å². The summed E-state index contributed by atoms with van der Waals surface area (Å²) in [6, 6.07) is 1.64. The Morgan fingerprint density at radius 1 is 1.17 bits per heavy atom. The summed E-state index contributed by atoms with van der Waals surface area (Å²) in [4.78, 5) is 10.7. The number of rotatable bonds is 8. The summed E-state index contributed by atoms with van der Waals surface area (Å²) in [5, 5.41) is 8.72. The van der Waals surface area contributed by atoms with Crippen LogP contribution in [0.2, 0.25) is 0 Å². The van der Waals surface area contributed by atoms with Gasteiger partial charge in [-0.05, 0) is 55.5 Å². The minimum atomic E-state index is -5.73. The van der Waals surface area contributed by atoms with Crippen LogP contribution in [0.15, 0.2) is 42.0 Å². The summed E-state index contributed by atoms with van der Waals surface area (Å²) >= 11 is 0. The minimum Gasteiger partial charge on any atom is -0.493 e. The number of halogens is 5. The average Bonchev–Trinajstić information content (AvgIpc) is 2.59. The molecule has 0 unspecified atom stereocenters. The molecule has 8 heteroatoms. The molecule has 1 aromatic carbocycles. The lowest BCUT2D eigenvalue weighted by molar-refractivity contribution is -0.289. The van der Waals surface area contributed by atoms with Gasteiger partial charge in [0.2, 0.25) is 0 Å². The zero-order chi connectivity index (χ0) is 23.3. The van der Waals surface area contributed by atoms with Crippen molar-refractivity contribution in [3.8, 4) is 5.75 Å². The van der Waals surface area contributed by atoms with Crippen molar-refractivity contribution < 1.29 is 36.6 Å².